The minimum absolute atomic E-state index is 0.0695. The van der Waals surface area contributed by atoms with E-state index in [1.807, 2.05) is 0 Å². The van der Waals surface area contributed by atoms with Crippen LogP contribution in [-0.4, -0.2) is 29.4 Å². The Morgan fingerprint density at radius 3 is 2.45 bits per heavy atom. The Labute approximate surface area is 125 Å². The number of rotatable bonds is 5. The maximum atomic E-state index is 13.0. The summed E-state index contributed by atoms with van der Waals surface area (Å²) in [6.07, 6.45) is 0.0505. The SMILES string of the molecule is O=C(COc1ccc([N+](=O)[O-])cc1)NC1CCC(F)(F)CC1. The molecule has 8 heteroatoms. The highest BCUT2D eigenvalue weighted by molar-refractivity contribution is 5.77. The number of carbonyl (C=O) groups is 1. The van der Waals surface area contributed by atoms with E-state index in [9.17, 15) is 23.7 Å². The van der Waals surface area contributed by atoms with Gasteiger partial charge in [-0.1, -0.05) is 0 Å². The molecule has 22 heavy (non-hydrogen) atoms. The van der Waals surface area contributed by atoms with E-state index in [-0.39, 0.29) is 44.0 Å². The highest BCUT2D eigenvalue weighted by Gasteiger charge is 2.35. The summed E-state index contributed by atoms with van der Waals surface area (Å²) < 4.78 is 31.2. The number of carbonyl (C=O) groups excluding carboxylic acids is 1. The molecule has 0 bridgehead atoms. The summed E-state index contributed by atoms with van der Waals surface area (Å²) in [6.45, 7) is -0.259. The number of halogens is 2. The molecule has 120 valence electrons. The summed E-state index contributed by atoms with van der Waals surface area (Å²) in [5, 5.41) is 13.1. The standard InChI is InChI=1S/C14H16F2N2O4/c15-14(16)7-5-10(6-8-14)17-13(19)9-22-12-3-1-11(2-4-12)18(20)21/h1-4,10H,5-9H2,(H,17,19). The predicted molar refractivity (Wildman–Crippen MR) is 73.9 cm³/mol. The van der Waals surface area contributed by atoms with Gasteiger partial charge < -0.3 is 10.1 Å². The van der Waals surface area contributed by atoms with Crippen molar-refractivity contribution in [3.63, 3.8) is 0 Å². The minimum atomic E-state index is -2.63. The van der Waals surface area contributed by atoms with Gasteiger partial charge in [0.15, 0.2) is 6.61 Å². The molecule has 0 saturated heterocycles. The van der Waals surface area contributed by atoms with Gasteiger partial charge in [0.05, 0.1) is 4.92 Å². The first-order chi connectivity index (χ1) is 10.4. The quantitative estimate of drug-likeness (QED) is 0.669. The molecule has 1 aliphatic carbocycles. The highest BCUT2D eigenvalue weighted by atomic mass is 19.3. The molecule has 1 N–H and O–H groups in total. The lowest BCUT2D eigenvalue weighted by molar-refractivity contribution is -0.384. The number of nitrogens with one attached hydrogen (secondary N) is 1. The number of nitro benzene ring substituents is 1. The molecule has 0 aliphatic heterocycles. The van der Waals surface area contributed by atoms with Crippen molar-refractivity contribution in [2.75, 3.05) is 6.61 Å². The topological polar surface area (TPSA) is 81.5 Å². The number of nitro groups is 1. The van der Waals surface area contributed by atoms with Gasteiger partial charge in [-0.25, -0.2) is 8.78 Å². The number of benzene rings is 1. The average Bonchev–Trinajstić information content (AvgIpc) is 2.48. The molecule has 0 atom stereocenters. The molecule has 0 radical (unpaired) electrons. The van der Waals surface area contributed by atoms with Crippen LogP contribution in [0.3, 0.4) is 0 Å². The van der Waals surface area contributed by atoms with E-state index in [1.54, 1.807) is 0 Å². The van der Waals surface area contributed by atoms with Crippen molar-refractivity contribution in [1.29, 1.82) is 0 Å². The number of amides is 1. The van der Waals surface area contributed by atoms with Crippen molar-refractivity contribution in [3.8, 4) is 5.75 Å². The number of nitrogens with zero attached hydrogens (tertiary/aromatic N) is 1. The number of hydrogen-bond acceptors (Lipinski definition) is 4. The number of hydrogen-bond donors (Lipinski definition) is 1. The van der Waals surface area contributed by atoms with Gasteiger partial charge in [-0.05, 0) is 25.0 Å². The summed E-state index contributed by atoms with van der Waals surface area (Å²) in [5.74, 6) is -2.69. The van der Waals surface area contributed by atoms with Crippen molar-refractivity contribution in [2.45, 2.75) is 37.6 Å². The van der Waals surface area contributed by atoms with Crippen LogP contribution in [0.1, 0.15) is 25.7 Å². The number of ether oxygens (including phenoxy) is 1. The fourth-order valence-corrected chi connectivity index (χ4v) is 2.27. The van der Waals surface area contributed by atoms with Crippen LogP contribution in [0.15, 0.2) is 24.3 Å². The third kappa shape index (κ3) is 4.64. The smallest absolute Gasteiger partial charge is 0.269 e. The molecule has 0 spiro atoms. The van der Waals surface area contributed by atoms with Gasteiger partial charge in [0.1, 0.15) is 5.75 Å². The second-order valence-electron chi connectivity index (χ2n) is 5.24. The van der Waals surface area contributed by atoms with Gasteiger partial charge in [0.2, 0.25) is 5.92 Å². The van der Waals surface area contributed by atoms with E-state index in [4.69, 9.17) is 4.74 Å². The number of non-ortho nitro benzene ring substituents is 1. The predicted octanol–water partition coefficient (Wildman–Crippen LogP) is 2.67. The average molecular weight is 314 g/mol. The van der Waals surface area contributed by atoms with E-state index in [1.165, 1.54) is 24.3 Å². The summed E-state index contributed by atoms with van der Waals surface area (Å²) in [6, 6.07) is 5.08. The van der Waals surface area contributed by atoms with Gasteiger partial charge in [0, 0.05) is 31.0 Å². The van der Waals surface area contributed by atoms with Gasteiger partial charge in [-0.15, -0.1) is 0 Å². The first kappa shape index (κ1) is 16.1. The largest absolute Gasteiger partial charge is 0.484 e. The van der Waals surface area contributed by atoms with Crippen molar-refractivity contribution >= 4 is 11.6 Å². The second kappa shape index (κ2) is 6.67. The third-order valence-corrected chi connectivity index (χ3v) is 3.50. The van der Waals surface area contributed by atoms with Crippen LogP contribution in [0.25, 0.3) is 0 Å². The van der Waals surface area contributed by atoms with E-state index in [0.29, 0.717) is 5.75 Å². The lowest BCUT2D eigenvalue weighted by atomic mass is 9.92. The zero-order valence-electron chi connectivity index (χ0n) is 11.8. The van der Waals surface area contributed by atoms with E-state index >= 15 is 0 Å². The maximum Gasteiger partial charge on any atom is 0.269 e. The van der Waals surface area contributed by atoms with Gasteiger partial charge in [-0.3, -0.25) is 14.9 Å². The Morgan fingerprint density at radius 1 is 1.32 bits per heavy atom. The van der Waals surface area contributed by atoms with Crippen LogP contribution in [-0.2, 0) is 4.79 Å². The van der Waals surface area contributed by atoms with Gasteiger partial charge in [-0.2, -0.15) is 0 Å². The molecule has 1 saturated carbocycles. The fraction of sp³-hybridized carbons (Fsp3) is 0.500. The van der Waals surface area contributed by atoms with Gasteiger partial charge >= 0.3 is 0 Å². The van der Waals surface area contributed by atoms with Crippen LogP contribution < -0.4 is 10.1 Å². The minimum Gasteiger partial charge on any atom is -0.484 e. The van der Waals surface area contributed by atoms with Crippen LogP contribution in [0, 0.1) is 10.1 Å². The Kier molecular flexibility index (Phi) is 4.89. The zero-order valence-corrected chi connectivity index (χ0v) is 11.8. The van der Waals surface area contributed by atoms with E-state index < -0.39 is 16.8 Å². The molecule has 1 aromatic rings. The van der Waals surface area contributed by atoms with E-state index in [0.717, 1.165) is 0 Å². The van der Waals surface area contributed by atoms with Crippen molar-refractivity contribution in [3.05, 3.63) is 34.4 Å². The lowest BCUT2D eigenvalue weighted by Crippen LogP contribution is -2.42. The summed E-state index contributed by atoms with van der Waals surface area (Å²) in [7, 11) is 0. The van der Waals surface area contributed by atoms with Crippen molar-refractivity contribution < 1.29 is 23.2 Å². The highest BCUT2D eigenvalue weighted by Crippen LogP contribution is 2.32. The lowest BCUT2D eigenvalue weighted by Gasteiger charge is -2.28. The fourth-order valence-electron chi connectivity index (χ4n) is 2.27. The van der Waals surface area contributed by atoms with Crippen LogP contribution >= 0.6 is 0 Å². The molecule has 0 heterocycles. The van der Waals surface area contributed by atoms with E-state index in [2.05, 4.69) is 5.32 Å². The number of alkyl halides is 2. The summed E-state index contributed by atoms with van der Waals surface area (Å²) >= 11 is 0. The third-order valence-electron chi connectivity index (χ3n) is 3.50. The molecule has 0 unspecified atom stereocenters. The Hall–Kier alpha value is -2.25. The molecular formula is C14H16F2N2O4. The first-order valence-electron chi connectivity index (χ1n) is 6.90. The summed E-state index contributed by atoms with van der Waals surface area (Å²) in [5.41, 5.74) is -0.0695. The van der Waals surface area contributed by atoms with Crippen LogP contribution in [0.4, 0.5) is 14.5 Å². The van der Waals surface area contributed by atoms with Crippen molar-refractivity contribution in [1.82, 2.24) is 5.32 Å². The van der Waals surface area contributed by atoms with Gasteiger partial charge in [0.25, 0.3) is 11.6 Å². The molecule has 1 amide bonds. The summed E-state index contributed by atoms with van der Waals surface area (Å²) in [4.78, 5) is 21.6. The molecule has 1 aromatic carbocycles. The van der Waals surface area contributed by atoms with Crippen LogP contribution in [0.5, 0.6) is 5.75 Å². The molecular weight excluding hydrogens is 298 g/mol. The molecule has 1 fully saturated rings. The normalized spacial score (nSPS) is 17.7. The Balaban J connectivity index is 1.75. The molecule has 0 aromatic heterocycles. The van der Waals surface area contributed by atoms with Crippen molar-refractivity contribution in [2.24, 2.45) is 0 Å². The monoisotopic (exact) mass is 314 g/mol. The molecule has 6 nitrogen and oxygen atoms in total. The second-order valence-corrected chi connectivity index (χ2v) is 5.24. The molecule has 1 aliphatic rings. The Bertz CT molecular complexity index is 538. The zero-order chi connectivity index (χ0) is 16.2. The first-order valence-corrected chi connectivity index (χ1v) is 6.90. The Morgan fingerprint density at radius 2 is 1.91 bits per heavy atom. The molecule has 2 rings (SSSR count). The van der Waals surface area contributed by atoms with Crippen LogP contribution in [0.2, 0.25) is 0 Å². The maximum absolute atomic E-state index is 13.0.